The number of nitrogens with zero attached hydrogens (tertiary/aromatic N) is 1. The Kier molecular flexibility index (Phi) is 6.48. The van der Waals surface area contributed by atoms with Crippen LogP contribution in [0.5, 0.6) is 0 Å². The zero-order valence-electron chi connectivity index (χ0n) is 16.1. The highest BCUT2D eigenvalue weighted by atomic mass is 35.5. The predicted octanol–water partition coefficient (Wildman–Crippen LogP) is 4.21. The quantitative estimate of drug-likeness (QED) is 0.586. The smallest absolute Gasteiger partial charge is 0.346 e. The Labute approximate surface area is 176 Å². The lowest BCUT2D eigenvalue weighted by Gasteiger charge is -2.08. The van der Waals surface area contributed by atoms with Crippen molar-refractivity contribution in [2.45, 2.75) is 6.92 Å². The number of amides is 1. The minimum absolute atomic E-state index is 0.0450. The number of methoxy groups -OCH3 is 1. The Morgan fingerprint density at radius 3 is 2.33 bits per heavy atom. The van der Waals surface area contributed by atoms with Crippen LogP contribution in [-0.2, 0) is 9.47 Å². The Balaban J connectivity index is 2.00. The first-order valence-electron chi connectivity index (χ1n) is 8.87. The molecule has 2 aromatic carbocycles. The summed E-state index contributed by atoms with van der Waals surface area (Å²) in [4.78, 5) is 37.3. The molecule has 1 N–H and O–H groups in total. The average molecular weight is 429 g/mol. The summed E-state index contributed by atoms with van der Waals surface area (Å²) >= 11 is 5.92. The van der Waals surface area contributed by atoms with Crippen LogP contribution >= 0.6 is 11.6 Å². The maximum absolute atomic E-state index is 12.8. The van der Waals surface area contributed by atoms with Crippen molar-refractivity contribution in [3.63, 3.8) is 0 Å². The molecule has 0 spiro atoms. The van der Waals surface area contributed by atoms with Gasteiger partial charge in [-0.15, -0.1) is 0 Å². The van der Waals surface area contributed by atoms with Gasteiger partial charge in [-0.1, -0.05) is 41.0 Å². The number of rotatable bonds is 6. The third kappa shape index (κ3) is 4.33. The summed E-state index contributed by atoms with van der Waals surface area (Å²) in [5.41, 5.74) is 0.780. The minimum atomic E-state index is -0.722. The molecule has 0 aliphatic heterocycles. The van der Waals surface area contributed by atoms with Crippen LogP contribution in [0.4, 0.5) is 5.88 Å². The summed E-state index contributed by atoms with van der Waals surface area (Å²) in [5, 5.41) is 6.91. The second-order valence-corrected chi connectivity index (χ2v) is 6.39. The van der Waals surface area contributed by atoms with Crippen molar-refractivity contribution in [2.24, 2.45) is 0 Å². The SMILES string of the molecule is CCOC(=O)c1c(-c2ccc(Cl)cc2)noc1NC(=O)c1ccccc1C(=O)OC. The molecule has 1 aromatic heterocycles. The van der Waals surface area contributed by atoms with Crippen LogP contribution in [0.2, 0.25) is 5.02 Å². The van der Waals surface area contributed by atoms with Crippen molar-refractivity contribution >= 4 is 35.3 Å². The van der Waals surface area contributed by atoms with Gasteiger partial charge < -0.3 is 14.0 Å². The van der Waals surface area contributed by atoms with Crippen LogP contribution < -0.4 is 5.32 Å². The molecule has 0 atom stereocenters. The van der Waals surface area contributed by atoms with Gasteiger partial charge in [-0.05, 0) is 31.2 Å². The molecule has 8 nitrogen and oxygen atoms in total. The monoisotopic (exact) mass is 428 g/mol. The molecule has 0 radical (unpaired) electrons. The van der Waals surface area contributed by atoms with Gasteiger partial charge >= 0.3 is 11.9 Å². The Hall–Kier alpha value is -3.65. The summed E-state index contributed by atoms with van der Waals surface area (Å²) in [5.74, 6) is -2.28. The molecule has 9 heteroatoms. The number of carbonyl (C=O) groups excluding carboxylic acids is 3. The van der Waals surface area contributed by atoms with Gasteiger partial charge in [0.05, 0.1) is 24.8 Å². The largest absolute Gasteiger partial charge is 0.465 e. The van der Waals surface area contributed by atoms with Crippen molar-refractivity contribution in [2.75, 3.05) is 19.0 Å². The maximum Gasteiger partial charge on any atom is 0.346 e. The lowest BCUT2D eigenvalue weighted by Crippen LogP contribution is -2.18. The fraction of sp³-hybridized carbons (Fsp3) is 0.143. The third-order valence-electron chi connectivity index (χ3n) is 4.09. The van der Waals surface area contributed by atoms with E-state index in [1.165, 1.54) is 19.2 Å². The van der Waals surface area contributed by atoms with Gasteiger partial charge in [-0.3, -0.25) is 10.1 Å². The van der Waals surface area contributed by atoms with Crippen LogP contribution in [0.15, 0.2) is 53.1 Å². The average Bonchev–Trinajstić information content (AvgIpc) is 3.17. The van der Waals surface area contributed by atoms with Crippen LogP contribution in [0, 0.1) is 0 Å². The summed E-state index contributed by atoms with van der Waals surface area (Å²) in [7, 11) is 1.21. The number of ether oxygens (including phenoxy) is 2. The highest BCUT2D eigenvalue weighted by Crippen LogP contribution is 2.31. The molecule has 3 aromatic rings. The van der Waals surface area contributed by atoms with E-state index in [2.05, 4.69) is 10.5 Å². The highest BCUT2D eigenvalue weighted by molar-refractivity contribution is 6.30. The highest BCUT2D eigenvalue weighted by Gasteiger charge is 2.28. The van der Waals surface area contributed by atoms with Crippen molar-refractivity contribution in [1.82, 2.24) is 5.16 Å². The van der Waals surface area contributed by atoms with Gasteiger partial charge in [0, 0.05) is 10.6 Å². The second-order valence-electron chi connectivity index (χ2n) is 5.95. The molecule has 1 heterocycles. The second kappa shape index (κ2) is 9.23. The van der Waals surface area contributed by atoms with Crippen LogP contribution in [-0.4, -0.2) is 36.7 Å². The van der Waals surface area contributed by atoms with Gasteiger partial charge in [0.25, 0.3) is 5.91 Å². The van der Waals surface area contributed by atoms with Gasteiger partial charge in [-0.2, -0.15) is 0 Å². The van der Waals surface area contributed by atoms with Gasteiger partial charge in [-0.25, -0.2) is 9.59 Å². The number of carbonyl (C=O) groups is 3. The number of benzene rings is 2. The molecule has 0 fully saturated rings. The fourth-order valence-corrected chi connectivity index (χ4v) is 2.84. The molecule has 0 bridgehead atoms. The van der Waals surface area contributed by atoms with E-state index in [4.69, 9.17) is 25.6 Å². The number of hydrogen-bond acceptors (Lipinski definition) is 7. The van der Waals surface area contributed by atoms with E-state index in [1.807, 2.05) is 0 Å². The van der Waals surface area contributed by atoms with E-state index in [9.17, 15) is 14.4 Å². The minimum Gasteiger partial charge on any atom is -0.465 e. The lowest BCUT2D eigenvalue weighted by atomic mass is 10.1. The first-order valence-corrected chi connectivity index (χ1v) is 9.25. The van der Waals surface area contributed by atoms with E-state index >= 15 is 0 Å². The molecule has 30 heavy (non-hydrogen) atoms. The van der Waals surface area contributed by atoms with Gasteiger partial charge in [0.1, 0.15) is 5.69 Å². The van der Waals surface area contributed by atoms with Crippen LogP contribution in [0.25, 0.3) is 11.3 Å². The third-order valence-corrected chi connectivity index (χ3v) is 4.35. The number of aromatic nitrogens is 1. The Bertz CT molecular complexity index is 1090. The summed E-state index contributed by atoms with van der Waals surface area (Å²) in [6.45, 7) is 1.76. The molecular formula is C21H17ClN2O6. The molecule has 1 amide bonds. The molecule has 0 saturated carbocycles. The topological polar surface area (TPSA) is 108 Å². The van der Waals surface area contributed by atoms with E-state index in [0.717, 1.165) is 0 Å². The van der Waals surface area contributed by atoms with Crippen molar-refractivity contribution in [3.05, 3.63) is 70.2 Å². The van der Waals surface area contributed by atoms with Crippen molar-refractivity contribution in [1.29, 1.82) is 0 Å². The van der Waals surface area contributed by atoms with E-state index in [1.54, 1.807) is 43.3 Å². The zero-order chi connectivity index (χ0) is 21.7. The number of hydrogen-bond donors (Lipinski definition) is 1. The van der Waals surface area contributed by atoms with Gasteiger partial charge in [0.15, 0.2) is 5.56 Å². The first kappa shape index (κ1) is 21.1. The standard InChI is InChI=1S/C21H17ClN2O6/c1-3-29-21(27)16-17(12-8-10-13(22)11-9-12)24-30-19(16)23-18(25)14-6-4-5-7-15(14)20(26)28-2/h4-11H,3H2,1-2H3,(H,23,25). The number of nitrogens with one attached hydrogen (secondary N) is 1. The number of esters is 2. The van der Waals surface area contributed by atoms with E-state index in [-0.39, 0.29) is 34.9 Å². The molecule has 154 valence electrons. The van der Waals surface area contributed by atoms with Crippen molar-refractivity contribution < 1.29 is 28.4 Å². The number of anilines is 1. The molecule has 3 rings (SSSR count). The normalized spacial score (nSPS) is 10.4. The maximum atomic E-state index is 12.8. The molecule has 0 unspecified atom stereocenters. The first-order chi connectivity index (χ1) is 14.5. The molecular weight excluding hydrogens is 412 g/mol. The summed E-state index contributed by atoms with van der Waals surface area (Å²) < 4.78 is 15.0. The van der Waals surface area contributed by atoms with E-state index in [0.29, 0.717) is 10.6 Å². The molecule has 0 aliphatic rings. The Morgan fingerprint density at radius 1 is 1.03 bits per heavy atom. The Morgan fingerprint density at radius 2 is 1.70 bits per heavy atom. The van der Waals surface area contributed by atoms with Crippen molar-refractivity contribution in [3.8, 4) is 11.3 Å². The van der Waals surface area contributed by atoms with Gasteiger partial charge in [0.2, 0.25) is 5.88 Å². The summed E-state index contributed by atoms with van der Waals surface area (Å²) in [6.07, 6.45) is 0. The van der Waals surface area contributed by atoms with E-state index < -0.39 is 17.8 Å². The van der Waals surface area contributed by atoms with Crippen LogP contribution in [0.3, 0.4) is 0 Å². The number of halogens is 1. The molecule has 0 aliphatic carbocycles. The fourth-order valence-electron chi connectivity index (χ4n) is 2.71. The lowest BCUT2D eigenvalue weighted by molar-refractivity contribution is 0.0526. The predicted molar refractivity (Wildman–Crippen MR) is 109 cm³/mol. The zero-order valence-corrected chi connectivity index (χ0v) is 16.9. The summed E-state index contributed by atoms with van der Waals surface area (Å²) in [6, 6.07) is 12.7. The molecule has 0 saturated heterocycles. The van der Waals surface area contributed by atoms with Crippen LogP contribution in [0.1, 0.15) is 38.0 Å².